The Kier molecular flexibility index (Phi) is 5.82. The van der Waals surface area contributed by atoms with Gasteiger partial charge in [0.25, 0.3) is 0 Å². The molecule has 1 aliphatic heterocycles. The number of aliphatic carboxylic acids is 1. The Labute approximate surface area is 113 Å². The van der Waals surface area contributed by atoms with E-state index in [9.17, 15) is 9.59 Å². The van der Waals surface area contributed by atoms with Crippen LogP contribution in [0.15, 0.2) is 12.7 Å². The lowest BCUT2D eigenvalue weighted by molar-refractivity contribution is -0.139. The summed E-state index contributed by atoms with van der Waals surface area (Å²) in [6.07, 6.45) is 2.58. The lowest BCUT2D eigenvalue weighted by Gasteiger charge is -2.35. The molecule has 0 aromatic heterocycles. The van der Waals surface area contributed by atoms with E-state index in [4.69, 9.17) is 5.11 Å². The van der Waals surface area contributed by atoms with Gasteiger partial charge in [0.15, 0.2) is 0 Å². The van der Waals surface area contributed by atoms with Crippen molar-refractivity contribution in [2.45, 2.75) is 31.8 Å². The molecule has 0 spiro atoms. The maximum atomic E-state index is 11.8. The molecule has 0 aliphatic carbocycles. The first kappa shape index (κ1) is 15.5. The van der Waals surface area contributed by atoms with E-state index in [1.165, 1.54) is 6.08 Å². The number of nitrogens with one attached hydrogen (secondary N) is 2. The molecule has 1 saturated heterocycles. The lowest BCUT2D eigenvalue weighted by atomic mass is 9.94. The summed E-state index contributed by atoms with van der Waals surface area (Å²) in [5.74, 6) is -0.696. The topological polar surface area (TPSA) is 81.7 Å². The van der Waals surface area contributed by atoms with Gasteiger partial charge in [-0.2, -0.15) is 0 Å². The number of nitrogens with zero attached hydrogens (tertiary/aromatic N) is 1. The van der Waals surface area contributed by atoms with E-state index in [2.05, 4.69) is 36.1 Å². The van der Waals surface area contributed by atoms with Crippen LogP contribution < -0.4 is 10.6 Å². The largest absolute Gasteiger partial charge is 0.480 e. The van der Waals surface area contributed by atoms with Gasteiger partial charge < -0.3 is 20.6 Å². The summed E-state index contributed by atoms with van der Waals surface area (Å²) in [6.45, 7) is 7.43. The minimum Gasteiger partial charge on any atom is -0.480 e. The van der Waals surface area contributed by atoms with E-state index in [1.54, 1.807) is 0 Å². The zero-order chi connectivity index (χ0) is 14.4. The summed E-state index contributed by atoms with van der Waals surface area (Å²) in [7, 11) is 2.05. The van der Waals surface area contributed by atoms with Gasteiger partial charge in [-0.05, 0) is 32.4 Å². The van der Waals surface area contributed by atoms with Crippen molar-refractivity contribution in [2.75, 3.05) is 20.1 Å². The molecule has 108 valence electrons. The van der Waals surface area contributed by atoms with Crippen molar-refractivity contribution in [3.8, 4) is 0 Å². The first-order valence-corrected chi connectivity index (χ1v) is 6.53. The summed E-state index contributed by atoms with van der Waals surface area (Å²) >= 11 is 0. The lowest BCUT2D eigenvalue weighted by Crippen LogP contribution is -2.54. The third kappa shape index (κ3) is 4.90. The molecule has 0 aromatic carbocycles. The Morgan fingerprint density at radius 1 is 1.58 bits per heavy atom. The molecule has 0 saturated carbocycles. The highest BCUT2D eigenvalue weighted by atomic mass is 16.4. The zero-order valence-corrected chi connectivity index (χ0v) is 11.6. The molecule has 1 aliphatic rings. The number of amides is 2. The van der Waals surface area contributed by atoms with Crippen LogP contribution in [0.2, 0.25) is 0 Å². The van der Waals surface area contributed by atoms with Crippen LogP contribution >= 0.6 is 0 Å². The van der Waals surface area contributed by atoms with Crippen LogP contribution in [0.25, 0.3) is 0 Å². The number of hydrogen-bond acceptors (Lipinski definition) is 3. The van der Waals surface area contributed by atoms with E-state index >= 15 is 0 Å². The first-order chi connectivity index (χ1) is 8.93. The van der Waals surface area contributed by atoms with Gasteiger partial charge in [-0.1, -0.05) is 13.0 Å². The average molecular weight is 269 g/mol. The molecule has 0 radical (unpaired) electrons. The number of carbonyl (C=O) groups excluding carboxylic acids is 1. The number of carboxylic acid groups (broad SMARTS) is 1. The second-order valence-electron chi connectivity index (χ2n) is 5.17. The van der Waals surface area contributed by atoms with E-state index in [0.29, 0.717) is 5.92 Å². The maximum absolute atomic E-state index is 11.8. The van der Waals surface area contributed by atoms with Crippen molar-refractivity contribution in [1.82, 2.24) is 15.5 Å². The van der Waals surface area contributed by atoms with Crippen LogP contribution in [-0.2, 0) is 4.79 Å². The van der Waals surface area contributed by atoms with Crippen LogP contribution in [-0.4, -0.2) is 54.2 Å². The van der Waals surface area contributed by atoms with Crippen molar-refractivity contribution in [3.05, 3.63) is 12.7 Å². The van der Waals surface area contributed by atoms with Crippen LogP contribution in [0.1, 0.15) is 19.8 Å². The highest BCUT2D eigenvalue weighted by Crippen LogP contribution is 2.15. The Morgan fingerprint density at radius 2 is 2.26 bits per heavy atom. The number of urea groups is 1. The zero-order valence-electron chi connectivity index (χ0n) is 11.6. The predicted octanol–water partition coefficient (Wildman–Crippen LogP) is 0.655. The van der Waals surface area contributed by atoms with Gasteiger partial charge >= 0.3 is 12.0 Å². The molecule has 1 heterocycles. The molecule has 6 heteroatoms. The Morgan fingerprint density at radius 3 is 2.79 bits per heavy atom. The third-order valence-corrected chi connectivity index (χ3v) is 3.43. The molecule has 2 amide bonds. The molecule has 3 N–H and O–H groups in total. The quantitative estimate of drug-likeness (QED) is 0.640. The number of rotatable bonds is 5. The van der Waals surface area contributed by atoms with Crippen molar-refractivity contribution >= 4 is 12.0 Å². The molecule has 1 rings (SSSR count). The van der Waals surface area contributed by atoms with Crippen LogP contribution in [0, 0.1) is 5.92 Å². The van der Waals surface area contributed by atoms with Gasteiger partial charge in [-0.15, -0.1) is 6.58 Å². The number of piperidine rings is 1. The third-order valence-electron chi connectivity index (χ3n) is 3.43. The van der Waals surface area contributed by atoms with E-state index in [-0.39, 0.29) is 12.5 Å². The Bertz CT molecular complexity index is 346. The van der Waals surface area contributed by atoms with E-state index in [0.717, 1.165) is 19.5 Å². The number of likely N-dealkylation sites (tertiary alicyclic amines) is 1. The van der Waals surface area contributed by atoms with E-state index < -0.39 is 18.0 Å². The number of carboxylic acids is 1. The van der Waals surface area contributed by atoms with Gasteiger partial charge in [0, 0.05) is 12.6 Å². The molecular weight excluding hydrogens is 246 g/mol. The normalized spacial score (nSPS) is 25.4. The summed E-state index contributed by atoms with van der Waals surface area (Å²) in [4.78, 5) is 24.9. The first-order valence-electron chi connectivity index (χ1n) is 6.53. The fourth-order valence-corrected chi connectivity index (χ4v) is 2.33. The second kappa shape index (κ2) is 7.13. The summed E-state index contributed by atoms with van der Waals surface area (Å²) in [5.41, 5.74) is 0. The second-order valence-corrected chi connectivity index (χ2v) is 5.17. The molecular formula is C13H23N3O3. The Balaban J connectivity index is 2.45. The fourth-order valence-electron chi connectivity index (χ4n) is 2.33. The summed E-state index contributed by atoms with van der Waals surface area (Å²) < 4.78 is 0. The van der Waals surface area contributed by atoms with Gasteiger partial charge in [-0.25, -0.2) is 9.59 Å². The van der Waals surface area contributed by atoms with Crippen molar-refractivity contribution < 1.29 is 14.7 Å². The Hall–Kier alpha value is -1.56. The van der Waals surface area contributed by atoms with Crippen molar-refractivity contribution in [2.24, 2.45) is 5.92 Å². The highest BCUT2D eigenvalue weighted by Gasteiger charge is 2.26. The van der Waals surface area contributed by atoms with Gasteiger partial charge in [0.1, 0.15) is 6.04 Å². The molecule has 0 aromatic rings. The van der Waals surface area contributed by atoms with Gasteiger partial charge in [-0.3, -0.25) is 0 Å². The van der Waals surface area contributed by atoms with Gasteiger partial charge in [0.05, 0.1) is 0 Å². The minimum atomic E-state index is -1.05. The van der Waals surface area contributed by atoms with E-state index in [1.807, 2.05) is 0 Å². The molecule has 19 heavy (non-hydrogen) atoms. The van der Waals surface area contributed by atoms with Crippen LogP contribution in [0.5, 0.6) is 0 Å². The molecule has 1 fully saturated rings. The van der Waals surface area contributed by atoms with Crippen LogP contribution in [0.4, 0.5) is 4.79 Å². The SMILES string of the molecule is C=CCC(NC(=O)NC1CCN(C)CC1C)C(=O)O. The molecule has 3 unspecified atom stereocenters. The fraction of sp³-hybridized carbons (Fsp3) is 0.692. The standard InChI is InChI=1S/C13H23N3O3/c1-4-5-11(12(17)18)15-13(19)14-10-6-7-16(3)8-9(10)2/h4,9-11H,1,5-8H2,2-3H3,(H,17,18)(H2,14,15,19). The maximum Gasteiger partial charge on any atom is 0.326 e. The van der Waals surface area contributed by atoms with Gasteiger partial charge in [0.2, 0.25) is 0 Å². The molecule has 0 bridgehead atoms. The van der Waals surface area contributed by atoms with Crippen molar-refractivity contribution in [3.63, 3.8) is 0 Å². The monoisotopic (exact) mass is 269 g/mol. The minimum absolute atomic E-state index is 0.0920. The number of hydrogen-bond donors (Lipinski definition) is 3. The molecule has 3 atom stereocenters. The molecule has 6 nitrogen and oxygen atoms in total. The van der Waals surface area contributed by atoms with Crippen molar-refractivity contribution in [1.29, 1.82) is 0 Å². The van der Waals surface area contributed by atoms with Crippen LogP contribution in [0.3, 0.4) is 0 Å². The highest BCUT2D eigenvalue weighted by molar-refractivity contribution is 5.82. The summed E-state index contributed by atoms with van der Waals surface area (Å²) in [5, 5.41) is 14.3. The number of carbonyl (C=O) groups is 2. The smallest absolute Gasteiger partial charge is 0.326 e. The summed E-state index contributed by atoms with van der Waals surface area (Å²) in [6, 6.07) is -1.25. The average Bonchev–Trinajstić information content (AvgIpc) is 2.32. The predicted molar refractivity (Wildman–Crippen MR) is 73.0 cm³/mol.